The molecule has 0 bridgehead atoms. The first-order chi connectivity index (χ1) is 16.9. The highest BCUT2D eigenvalue weighted by molar-refractivity contribution is 7.84. The van der Waals surface area contributed by atoms with Crippen LogP contribution in [0.1, 0.15) is 54.0 Å². The van der Waals surface area contributed by atoms with Gasteiger partial charge in [0.15, 0.2) is 11.5 Å². The second-order valence-electron chi connectivity index (χ2n) is 10.4. The fourth-order valence-electron chi connectivity index (χ4n) is 6.64. The van der Waals surface area contributed by atoms with E-state index in [1.807, 2.05) is 18.2 Å². The summed E-state index contributed by atoms with van der Waals surface area (Å²) in [5.74, 6) is 2.58. The maximum absolute atomic E-state index is 13.3. The first-order valence-electron chi connectivity index (χ1n) is 12.8. The molecule has 188 valence electrons. The zero-order valence-electron chi connectivity index (χ0n) is 20.5. The van der Waals surface area contributed by atoms with Gasteiger partial charge in [0.25, 0.3) is 0 Å². The maximum Gasteiger partial charge on any atom is 0.385 e. The molecule has 0 aromatic heterocycles. The van der Waals surface area contributed by atoms with E-state index in [9.17, 15) is 8.42 Å². The van der Waals surface area contributed by atoms with Crippen molar-refractivity contribution in [3.63, 3.8) is 0 Å². The van der Waals surface area contributed by atoms with Crippen LogP contribution in [-0.2, 0) is 29.7 Å². The summed E-state index contributed by atoms with van der Waals surface area (Å²) in [5.41, 5.74) is 4.95. The molecule has 0 radical (unpaired) electrons. The van der Waals surface area contributed by atoms with Crippen LogP contribution < -0.4 is 13.7 Å². The highest BCUT2D eigenvalue weighted by Gasteiger charge is 2.41. The lowest BCUT2D eigenvalue weighted by Gasteiger charge is -2.41. The Kier molecular flexibility index (Phi) is 5.93. The van der Waals surface area contributed by atoms with Crippen LogP contribution in [0.4, 0.5) is 0 Å². The van der Waals surface area contributed by atoms with Crippen molar-refractivity contribution in [3.05, 3.63) is 52.6 Å². The van der Waals surface area contributed by atoms with Crippen LogP contribution in [0.2, 0.25) is 0 Å². The molecule has 4 aliphatic rings. The van der Waals surface area contributed by atoms with Crippen molar-refractivity contribution in [2.75, 3.05) is 33.9 Å². The monoisotopic (exact) mass is 498 g/mol. The van der Waals surface area contributed by atoms with Gasteiger partial charge in [-0.15, -0.1) is 0 Å². The van der Waals surface area contributed by atoms with E-state index in [1.165, 1.54) is 29.5 Å². The Bertz CT molecular complexity index is 1220. The Balaban J connectivity index is 1.27. The highest BCUT2D eigenvalue weighted by Crippen LogP contribution is 2.43. The standard InChI is InChI=1S/C27H34N2O5S/c1-32-23-7-8-24-18(11-23)9-10-28-15-22-14-26(33-2)27(13-21(22)12-25(24)28)34-35(30,31)29-16-19-5-3-4-6-20(19)17-29/h7-8,11,13-14,19-20,25H,3-6,9-10,12,15-17H2,1-2H3. The van der Waals surface area contributed by atoms with Crippen LogP contribution in [0.5, 0.6) is 17.2 Å². The van der Waals surface area contributed by atoms with Gasteiger partial charge in [0.05, 0.1) is 14.2 Å². The van der Waals surface area contributed by atoms with E-state index in [4.69, 9.17) is 13.7 Å². The number of benzene rings is 2. The van der Waals surface area contributed by atoms with Gasteiger partial charge in [0.2, 0.25) is 0 Å². The van der Waals surface area contributed by atoms with E-state index in [0.717, 1.165) is 50.1 Å². The van der Waals surface area contributed by atoms with Crippen molar-refractivity contribution in [1.82, 2.24) is 9.21 Å². The summed E-state index contributed by atoms with van der Waals surface area (Å²) in [6, 6.07) is 10.5. The summed E-state index contributed by atoms with van der Waals surface area (Å²) in [6.07, 6.45) is 6.43. The SMILES string of the molecule is COc1ccc2c(c1)CCN1Cc3cc(OC)c(OS(=O)(=O)N4CC5CCCCC5C4)cc3CC21. The van der Waals surface area contributed by atoms with E-state index in [2.05, 4.69) is 17.0 Å². The normalized spacial score (nSPS) is 26.3. The number of methoxy groups -OCH3 is 2. The minimum absolute atomic E-state index is 0.261. The molecule has 2 aromatic carbocycles. The summed E-state index contributed by atoms with van der Waals surface area (Å²) in [4.78, 5) is 2.50. The Morgan fingerprint density at radius 2 is 1.63 bits per heavy atom. The van der Waals surface area contributed by atoms with Crippen LogP contribution in [0.15, 0.2) is 30.3 Å². The van der Waals surface area contributed by atoms with Crippen LogP contribution in [0, 0.1) is 11.8 Å². The Morgan fingerprint density at radius 1 is 0.886 bits per heavy atom. The van der Waals surface area contributed by atoms with Gasteiger partial charge < -0.3 is 13.7 Å². The van der Waals surface area contributed by atoms with Gasteiger partial charge in [0, 0.05) is 32.2 Å². The Morgan fingerprint density at radius 3 is 2.34 bits per heavy atom. The van der Waals surface area contributed by atoms with Crippen LogP contribution >= 0.6 is 0 Å². The van der Waals surface area contributed by atoms with Gasteiger partial charge in [-0.3, -0.25) is 4.90 Å². The zero-order chi connectivity index (χ0) is 24.2. The number of ether oxygens (including phenoxy) is 2. The third kappa shape index (κ3) is 4.19. The summed E-state index contributed by atoms with van der Waals surface area (Å²) in [6.45, 7) is 2.93. The maximum atomic E-state index is 13.3. The minimum atomic E-state index is -3.88. The van der Waals surface area contributed by atoms with Gasteiger partial charge in [-0.2, -0.15) is 12.7 Å². The second kappa shape index (κ2) is 8.98. The molecule has 0 N–H and O–H groups in total. The number of hydrogen-bond donors (Lipinski definition) is 0. The number of rotatable bonds is 5. The smallest absolute Gasteiger partial charge is 0.385 e. The van der Waals surface area contributed by atoms with Gasteiger partial charge in [-0.25, -0.2) is 0 Å². The molecule has 35 heavy (non-hydrogen) atoms. The molecule has 2 aromatic rings. The molecule has 3 atom stereocenters. The number of hydrogen-bond acceptors (Lipinski definition) is 6. The van der Waals surface area contributed by atoms with Crippen molar-refractivity contribution in [2.24, 2.45) is 11.8 Å². The molecule has 0 spiro atoms. The number of nitrogens with zero attached hydrogens (tertiary/aromatic N) is 2. The molecule has 8 heteroatoms. The van der Waals surface area contributed by atoms with E-state index in [-0.39, 0.29) is 6.04 Å². The molecular formula is C27H34N2O5S. The van der Waals surface area contributed by atoms with Gasteiger partial charge >= 0.3 is 10.3 Å². The summed E-state index contributed by atoms with van der Waals surface area (Å²) in [5, 5.41) is 0. The van der Waals surface area contributed by atoms with Crippen molar-refractivity contribution >= 4 is 10.3 Å². The largest absolute Gasteiger partial charge is 0.497 e. The van der Waals surface area contributed by atoms with E-state index in [0.29, 0.717) is 36.4 Å². The molecule has 6 rings (SSSR count). The topological polar surface area (TPSA) is 68.3 Å². The van der Waals surface area contributed by atoms with Crippen LogP contribution in [-0.4, -0.2) is 51.5 Å². The Hall–Kier alpha value is -2.29. The third-order valence-electron chi connectivity index (χ3n) is 8.54. The van der Waals surface area contributed by atoms with Crippen molar-refractivity contribution in [1.29, 1.82) is 0 Å². The molecule has 3 heterocycles. The summed E-state index contributed by atoms with van der Waals surface area (Å²) < 4.78 is 44.8. The van der Waals surface area contributed by atoms with Crippen molar-refractivity contribution in [2.45, 2.75) is 51.1 Å². The van der Waals surface area contributed by atoms with Gasteiger partial charge in [-0.1, -0.05) is 18.9 Å². The van der Waals surface area contributed by atoms with Crippen LogP contribution in [0.3, 0.4) is 0 Å². The van der Waals surface area contributed by atoms with Gasteiger partial charge in [-0.05, 0) is 84.0 Å². The molecule has 3 unspecified atom stereocenters. The van der Waals surface area contributed by atoms with E-state index in [1.54, 1.807) is 18.5 Å². The molecule has 0 amide bonds. The van der Waals surface area contributed by atoms with E-state index < -0.39 is 10.3 Å². The molecule has 3 aliphatic heterocycles. The van der Waals surface area contributed by atoms with Crippen LogP contribution in [0.25, 0.3) is 0 Å². The average molecular weight is 499 g/mol. The molecule has 1 saturated carbocycles. The predicted octanol–water partition coefficient (Wildman–Crippen LogP) is 4.10. The average Bonchev–Trinajstić information content (AvgIpc) is 3.32. The second-order valence-corrected chi connectivity index (χ2v) is 12.0. The Labute approximate surface area is 208 Å². The zero-order valence-corrected chi connectivity index (χ0v) is 21.4. The molecule has 1 saturated heterocycles. The molecule has 1 aliphatic carbocycles. The highest BCUT2D eigenvalue weighted by atomic mass is 32.2. The van der Waals surface area contributed by atoms with Crippen molar-refractivity contribution < 1.29 is 22.1 Å². The third-order valence-corrected chi connectivity index (χ3v) is 9.87. The first-order valence-corrected chi connectivity index (χ1v) is 14.1. The number of fused-ring (bicyclic) bond motifs is 5. The predicted molar refractivity (Wildman–Crippen MR) is 133 cm³/mol. The quantitative estimate of drug-likeness (QED) is 0.618. The van der Waals surface area contributed by atoms with Gasteiger partial charge in [0.1, 0.15) is 5.75 Å². The molecular weight excluding hydrogens is 464 g/mol. The fraction of sp³-hybridized carbons (Fsp3) is 0.556. The van der Waals surface area contributed by atoms with Crippen molar-refractivity contribution in [3.8, 4) is 17.2 Å². The summed E-state index contributed by atoms with van der Waals surface area (Å²) in [7, 11) is -0.609. The summed E-state index contributed by atoms with van der Waals surface area (Å²) >= 11 is 0. The fourth-order valence-corrected chi connectivity index (χ4v) is 7.85. The lowest BCUT2D eigenvalue weighted by molar-refractivity contribution is 0.160. The molecule has 7 nitrogen and oxygen atoms in total. The minimum Gasteiger partial charge on any atom is -0.497 e. The lowest BCUT2D eigenvalue weighted by Crippen LogP contribution is -2.39. The molecule has 2 fully saturated rings. The lowest BCUT2D eigenvalue weighted by atomic mass is 9.82. The van der Waals surface area contributed by atoms with E-state index >= 15 is 0 Å². The first kappa shape index (κ1) is 23.1.